The second kappa shape index (κ2) is 4.28. The lowest BCUT2D eigenvalue weighted by molar-refractivity contribution is 0.408. The van der Waals surface area contributed by atoms with Crippen LogP contribution >= 0.6 is 0 Å². The Balaban J connectivity index is 1.96. The Morgan fingerprint density at radius 3 is 3.06 bits per heavy atom. The van der Waals surface area contributed by atoms with Crippen LogP contribution in [0.25, 0.3) is 11.3 Å². The van der Waals surface area contributed by atoms with E-state index in [9.17, 15) is 0 Å². The topological polar surface area (TPSA) is 95.7 Å². The van der Waals surface area contributed by atoms with E-state index in [1.807, 2.05) is 10.6 Å². The monoisotopic (exact) mass is 242 g/mol. The summed E-state index contributed by atoms with van der Waals surface area (Å²) in [6.07, 6.45) is 6.43. The number of pyridine rings is 1. The number of rotatable bonds is 3. The van der Waals surface area contributed by atoms with Gasteiger partial charge >= 0.3 is 0 Å². The number of hydrogen-bond donors (Lipinski definition) is 1. The van der Waals surface area contributed by atoms with Crippen LogP contribution in [0.15, 0.2) is 41.8 Å². The molecule has 0 aliphatic heterocycles. The van der Waals surface area contributed by atoms with Gasteiger partial charge in [-0.2, -0.15) is 4.98 Å². The van der Waals surface area contributed by atoms with Crippen molar-refractivity contribution in [2.45, 2.75) is 6.54 Å². The SMILES string of the molecule is Nc1cc(-c2cncn2Cc2ncon2)ccn1. The summed E-state index contributed by atoms with van der Waals surface area (Å²) in [7, 11) is 0. The summed E-state index contributed by atoms with van der Waals surface area (Å²) >= 11 is 0. The molecule has 0 aliphatic rings. The maximum Gasteiger partial charge on any atom is 0.213 e. The number of nitrogen functional groups attached to an aromatic ring is 1. The van der Waals surface area contributed by atoms with Crippen LogP contribution < -0.4 is 5.73 Å². The smallest absolute Gasteiger partial charge is 0.213 e. The van der Waals surface area contributed by atoms with Gasteiger partial charge in [0.15, 0.2) is 5.82 Å². The third kappa shape index (κ3) is 1.93. The molecule has 7 nitrogen and oxygen atoms in total. The Bertz CT molecular complexity index is 645. The van der Waals surface area contributed by atoms with Crippen molar-refractivity contribution >= 4 is 5.82 Å². The second-order valence-electron chi connectivity index (χ2n) is 3.72. The fourth-order valence-electron chi connectivity index (χ4n) is 1.71. The molecule has 18 heavy (non-hydrogen) atoms. The fraction of sp³-hybridized carbons (Fsp3) is 0.0909. The van der Waals surface area contributed by atoms with Crippen LogP contribution in [0.2, 0.25) is 0 Å². The molecule has 90 valence electrons. The van der Waals surface area contributed by atoms with Gasteiger partial charge in [0.2, 0.25) is 6.39 Å². The highest BCUT2D eigenvalue weighted by Crippen LogP contribution is 2.20. The summed E-state index contributed by atoms with van der Waals surface area (Å²) in [5.74, 6) is 1.07. The number of hydrogen-bond acceptors (Lipinski definition) is 6. The van der Waals surface area contributed by atoms with Crippen molar-refractivity contribution < 1.29 is 4.52 Å². The van der Waals surface area contributed by atoms with E-state index < -0.39 is 0 Å². The lowest BCUT2D eigenvalue weighted by atomic mass is 10.2. The average Bonchev–Trinajstić information content (AvgIpc) is 3.01. The zero-order chi connectivity index (χ0) is 12.4. The number of nitrogens with zero attached hydrogens (tertiary/aromatic N) is 5. The Morgan fingerprint density at radius 2 is 2.28 bits per heavy atom. The van der Waals surface area contributed by atoms with Crippen LogP contribution in [0.4, 0.5) is 5.82 Å². The molecular weight excluding hydrogens is 232 g/mol. The Hall–Kier alpha value is -2.70. The normalized spacial score (nSPS) is 10.7. The minimum Gasteiger partial charge on any atom is -0.384 e. The fourth-order valence-corrected chi connectivity index (χ4v) is 1.71. The van der Waals surface area contributed by atoms with Crippen LogP contribution in [-0.2, 0) is 6.54 Å². The first-order valence-corrected chi connectivity index (χ1v) is 5.30. The minimum absolute atomic E-state index is 0.472. The van der Waals surface area contributed by atoms with Gasteiger partial charge in [0.05, 0.1) is 24.8 Å². The van der Waals surface area contributed by atoms with E-state index in [0.29, 0.717) is 18.2 Å². The van der Waals surface area contributed by atoms with Crippen LogP contribution in [0, 0.1) is 0 Å². The largest absolute Gasteiger partial charge is 0.384 e. The quantitative estimate of drug-likeness (QED) is 0.734. The van der Waals surface area contributed by atoms with Crippen LogP contribution in [0.1, 0.15) is 5.82 Å². The molecule has 0 saturated carbocycles. The van der Waals surface area contributed by atoms with Gasteiger partial charge in [0, 0.05) is 11.8 Å². The highest BCUT2D eigenvalue weighted by atomic mass is 16.5. The molecule has 3 rings (SSSR count). The Morgan fingerprint density at radius 1 is 1.33 bits per heavy atom. The average molecular weight is 242 g/mol. The maximum atomic E-state index is 5.67. The number of anilines is 1. The summed E-state index contributed by atoms with van der Waals surface area (Å²) < 4.78 is 6.62. The van der Waals surface area contributed by atoms with E-state index >= 15 is 0 Å². The van der Waals surface area contributed by atoms with Crippen molar-refractivity contribution in [1.29, 1.82) is 0 Å². The zero-order valence-corrected chi connectivity index (χ0v) is 9.39. The predicted molar refractivity (Wildman–Crippen MR) is 63.3 cm³/mol. The summed E-state index contributed by atoms with van der Waals surface area (Å²) in [4.78, 5) is 12.1. The summed E-state index contributed by atoms with van der Waals surface area (Å²) in [6, 6.07) is 3.67. The van der Waals surface area contributed by atoms with Gasteiger partial charge in [-0.25, -0.2) is 9.97 Å². The van der Waals surface area contributed by atoms with E-state index in [0.717, 1.165) is 11.3 Å². The minimum atomic E-state index is 0.472. The molecule has 0 bridgehead atoms. The lowest BCUT2D eigenvalue weighted by Crippen LogP contribution is -2.02. The van der Waals surface area contributed by atoms with Crippen molar-refractivity contribution in [3.8, 4) is 11.3 Å². The molecule has 0 amide bonds. The van der Waals surface area contributed by atoms with Crippen LogP contribution in [0.5, 0.6) is 0 Å². The van der Waals surface area contributed by atoms with Gasteiger partial charge in [-0.3, -0.25) is 0 Å². The van der Waals surface area contributed by atoms with Gasteiger partial charge in [0.25, 0.3) is 0 Å². The first-order chi connectivity index (χ1) is 8.83. The third-order valence-corrected chi connectivity index (χ3v) is 2.51. The number of nitrogens with two attached hydrogens (primary N) is 1. The summed E-state index contributed by atoms with van der Waals surface area (Å²) in [6.45, 7) is 0.494. The Kier molecular flexibility index (Phi) is 2.49. The van der Waals surface area contributed by atoms with Crippen molar-refractivity contribution in [2.24, 2.45) is 0 Å². The number of aromatic nitrogens is 5. The molecule has 3 heterocycles. The molecule has 3 aromatic heterocycles. The van der Waals surface area contributed by atoms with Crippen molar-refractivity contribution in [3.63, 3.8) is 0 Å². The molecule has 0 fully saturated rings. The molecular formula is C11H10N6O. The van der Waals surface area contributed by atoms with E-state index in [2.05, 4.69) is 20.1 Å². The lowest BCUT2D eigenvalue weighted by Gasteiger charge is -2.05. The molecule has 0 aromatic carbocycles. The molecule has 0 unspecified atom stereocenters. The van der Waals surface area contributed by atoms with Crippen molar-refractivity contribution in [3.05, 3.63) is 43.1 Å². The van der Waals surface area contributed by atoms with Crippen LogP contribution in [0.3, 0.4) is 0 Å². The molecule has 0 aliphatic carbocycles. The highest BCUT2D eigenvalue weighted by molar-refractivity contribution is 5.61. The van der Waals surface area contributed by atoms with Crippen molar-refractivity contribution in [1.82, 2.24) is 24.7 Å². The maximum absolute atomic E-state index is 5.67. The third-order valence-electron chi connectivity index (χ3n) is 2.51. The van der Waals surface area contributed by atoms with Gasteiger partial charge in [-0.15, -0.1) is 0 Å². The Labute approximate surface area is 102 Å². The van der Waals surface area contributed by atoms with Crippen molar-refractivity contribution in [2.75, 3.05) is 5.73 Å². The summed E-state index contributed by atoms with van der Waals surface area (Å²) in [5.41, 5.74) is 7.54. The summed E-state index contributed by atoms with van der Waals surface area (Å²) in [5, 5.41) is 3.77. The molecule has 0 radical (unpaired) electrons. The molecule has 7 heteroatoms. The van der Waals surface area contributed by atoms with Gasteiger partial charge < -0.3 is 14.8 Å². The standard InChI is InChI=1S/C11H10N6O/c12-10-3-8(1-2-14-10)9-4-13-6-17(9)5-11-15-7-18-16-11/h1-4,6-7H,5H2,(H2,12,14). The molecule has 0 spiro atoms. The first-order valence-electron chi connectivity index (χ1n) is 5.30. The van der Waals surface area contributed by atoms with Gasteiger partial charge in [-0.05, 0) is 12.1 Å². The molecule has 2 N–H and O–H groups in total. The second-order valence-corrected chi connectivity index (χ2v) is 3.72. The predicted octanol–water partition coefficient (Wildman–Crippen LogP) is 0.959. The van der Waals surface area contributed by atoms with E-state index in [1.165, 1.54) is 6.39 Å². The molecule has 0 saturated heterocycles. The molecule has 3 aromatic rings. The van der Waals surface area contributed by atoms with E-state index in [4.69, 9.17) is 10.3 Å². The zero-order valence-electron chi connectivity index (χ0n) is 9.39. The van der Waals surface area contributed by atoms with E-state index in [-0.39, 0.29) is 0 Å². The first kappa shape index (κ1) is 10.5. The van der Waals surface area contributed by atoms with Gasteiger partial charge in [-0.1, -0.05) is 5.16 Å². The van der Waals surface area contributed by atoms with Crippen LogP contribution in [-0.4, -0.2) is 24.7 Å². The van der Waals surface area contributed by atoms with Gasteiger partial charge in [0.1, 0.15) is 5.82 Å². The van der Waals surface area contributed by atoms with E-state index in [1.54, 1.807) is 24.8 Å². The number of imidazole rings is 1. The molecule has 0 atom stereocenters. The highest BCUT2D eigenvalue weighted by Gasteiger charge is 2.08.